The van der Waals surface area contributed by atoms with Gasteiger partial charge in [0, 0.05) is 32.7 Å². The zero-order valence-electron chi connectivity index (χ0n) is 16.0. The van der Waals surface area contributed by atoms with E-state index in [-0.39, 0.29) is 6.04 Å². The van der Waals surface area contributed by atoms with Crippen molar-refractivity contribution in [2.24, 2.45) is 4.99 Å². The first kappa shape index (κ1) is 19.0. The Morgan fingerprint density at radius 3 is 2.54 bits per heavy atom. The number of nitrogens with zero attached hydrogens (tertiary/aromatic N) is 2. The van der Waals surface area contributed by atoms with Gasteiger partial charge in [0.1, 0.15) is 5.75 Å². The molecule has 6 nitrogen and oxygen atoms in total. The number of aliphatic imine (C=N–C) groups is 1. The van der Waals surface area contributed by atoms with Crippen molar-refractivity contribution in [2.75, 3.05) is 47.0 Å². The first-order valence-corrected chi connectivity index (χ1v) is 9.73. The minimum absolute atomic E-state index is 0.284. The quantitative estimate of drug-likeness (QED) is 0.601. The third-order valence-corrected chi connectivity index (χ3v) is 5.37. The maximum Gasteiger partial charge on any atom is 0.191 e. The third kappa shape index (κ3) is 5.11. The molecule has 1 unspecified atom stereocenters. The lowest BCUT2D eigenvalue weighted by Gasteiger charge is -2.35. The molecule has 26 heavy (non-hydrogen) atoms. The molecule has 0 aromatic heterocycles. The standard InChI is InChI=1S/C20H32N4O2/c1-21-20(23-17-5-3-4-6-17)22-15-19(24-11-13-26-14-12-24)16-7-9-18(25-2)10-8-16/h7-10,17,19H,3-6,11-15H2,1-2H3,(H2,21,22,23). The maximum atomic E-state index is 5.54. The van der Waals surface area contributed by atoms with Gasteiger partial charge < -0.3 is 20.1 Å². The fraction of sp³-hybridized carbons (Fsp3) is 0.650. The van der Waals surface area contributed by atoms with Gasteiger partial charge in [-0.3, -0.25) is 9.89 Å². The lowest BCUT2D eigenvalue weighted by atomic mass is 10.0. The number of rotatable bonds is 6. The second-order valence-electron chi connectivity index (χ2n) is 7.02. The molecule has 0 radical (unpaired) electrons. The van der Waals surface area contributed by atoms with Gasteiger partial charge in [-0.1, -0.05) is 25.0 Å². The van der Waals surface area contributed by atoms with Crippen LogP contribution in [0.1, 0.15) is 37.3 Å². The van der Waals surface area contributed by atoms with E-state index in [1.54, 1.807) is 7.11 Å². The normalized spacial score (nSPS) is 20.8. The van der Waals surface area contributed by atoms with Gasteiger partial charge in [0.05, 0.1) is 26.4 Å². The Morgan fingerprint density at radius 2 is 1.92 bits per heavy atom. The predicted octanol–water partition coefficient (Wildman–Crippen LogP) is 2.18. The lowest BCUT2D eigenvalue weighted by molar-refractivity contribution is 0.0170. The van der Waals surface area contributed by atoms with Crippen molar-refractivity contribution in [3.05, 3.63) is 29.8 Å². The molecular weight excluding hydrogens is 328 g/mol. The molecule has 1 saturated carbocycles. The van der Waals surface area contributed by atoms with Crippen molar-refractivity contribution in [3.8, 4) is 5.75 Å². The summed E-state index contributed by atoms with van der Waals surface area (Å²) in [4.78, 5) is 6.91. The van der Waals surface area contributed by atoms with Crippen LogP contribution in [0.25, 0.3) is 0 Å². The van der Waals surface area contributed by atoms with Crippen LogP contribution in [-0.2, 0) is 4.74 Å². The fourth-order valence-electron chi connectivity index (χ4n) is 3.82. The highest BCUT2D eigenvalue weighted by Gasteiger charge is 2.23. The van der Waals surface area contributed by atoms with Gasteiger partial charge in [-0.2, -0.15) is 0 Å². The Labute approximate surface area is 157 Å². The number of hydrogen-bond donors (Lipinski definition) is 2. The van der Waals surface area contributed by atoms with Gasteiger partial charge in [0.15, 0.2) is 5.96 Å². The van der Waals surface area contributed by atoms with Crippen LogP contribution in [0.5, 0.6) is 5.75 Å². The Kier molecular flexibility index (Phi) is 7.14. The predicted molar refractivity (Wildman–Crippen MR) is 105 cm³/mol. The molecule has 1 heterocycles. The Hall–Kier alpha value is -1.79. The highest BCUT2D eigenvalue weighted by Crippen LogP contribution is 2.24. The number of ether oxygens (including phenoxy) is 2. The number of nitrogens with one attached hydrogen (secondary N) is 2. The Bertz CT molecular complexity index is 564. The van der Waals surface area contributed by atoms with Crippen LogP contribution >= 0.6 is 0 Å². The highest BCUT2D eigenvalue weighted by molar-refractivity contribution is 5.80. The fourth-order valence-corrected chi connectivity index (χ4v) is 3.82. The van der Waals surface area contributed by atoms with E-state index >= 15 is 0 Å². The summed E-state index contributed by atoms with van der Waals surface area (Å²) in [5.41, 5.74) is 1.29. The molecule has 1 aliphatic heterocycles. The average molecular weight is 361 g/mol. The largest absolute Gasteiger partial charge is 0.497 e. The highest BCUT2D eigenvalue weighted by atomic mass is 16.5. The van der Waals surface area contributed by atoms with Crippen molar-refractivity contribution in [3.63, 3.8) is 0 Å². The first-order chi connectivity index (χ1) is 12.8. The maximum absolute atomic E-state index is 5.54. The van der Waals surface area contributed by atoms with Crippen molar-refractivity contribution < 1.29 is 9.47 Å². The second-order valence-corrected chi connectivity index (χ2v) is 7.02. The summed E-state index contributed by atoms with van der Waals surface area (Å²) < 4.78 is 10.8. The van der Waals surface area contributed by atoms with Gasteiger partial charge >= 0.3 is 0 Å². The van der Waals surface area contributed by atoms with E-state index in [4.69, 9.17) is 9.47 Å². The molecule has 2 fully saturated rings. The van der Waals surface area contributed by atoms with E-state index in [9.17, 15) is 0 Å². The molecule has 6 heteroatoms. The van der Waals surface area contributed by atoms with Crippen LogP contribution in [-0.4, -0.2) is 63.9 Å². The van der Waals surface area contributed by atoms with E-state index in [0.29, 0.717) is 6.04 Å². The number of benzene rings is 1. The Balaban J connectivity index is 1.65. The van der Waals surface area contributed by atoms with Crippen molar-refractivity contribution in [1.29, 1.82) is 0 Å². The van der Waals surface area contributed by atoms with Crippen LogP contribution in [0, 0.1) is 0 Å². The SMILES string of the molecule is CN=C(NCC(c1ccc(OC)cc1)N1CCOCC1)NC1CCCC1. The summed E-state index contributed by atoms with van der Waals surface area (Å²) in [5, 5.41) is 7.12. The van der Waals surface area contributed by atoms with Gasteiger partial charge in [-0.15, -0.1) is 0 Å². The Morgan fingerprint density at radius 1 is 1.23 bits per heavy atom. The van der Waals surface area contributed by atoms with Gasteiger partial charge in [0.2, 0.25) is 0 Å². The molecule has 1 atom stereocenters. The summed E-state index contributed by atoms with van der Waals surface area (Å²) in [5.74, 6) is 1.80. The van der Waals surface area contributed by atoms with Crippen LogP contribution in [0.3, 0.4) is 0 Å². The summed E-state index contributed by atoms with van der Waals surface area (Å²) in [6, 6.07) is 9.24. The molecule has 0 spiro atoms. The monoisotopic (exact) mass is 360 g/mol. The molecule has 1 aromatic carbocycles. The number of methoxy groups -OCH3 is 1. The zero-order chi connectivity index (χ0) is 18.2. The molecule has 0 bridgehead atoms. The number of guanidine groups is 1. The number of hydrogen-bond acceptors (Lipinski definition) is 4. The van der Waals surface area contributed by atoms with E-state index < -0.39 is 0 Å². The van der Waals surface area contributed by atoms with Crippen LogP contribution in [0.2, 0.25) is 0 Å². The molecule has 1 aliphatic carbocycles. The molecule has 144 valence electrons. The minimum Gasteiger partial charge on any atom is -0.497 e. The van der Waals surface area contributed by atoms with Crippen molar-refractivity contribution in [2.45, 2.75) is 37.8 Å². The van der Waals surface area contributed by atoms with E-state index in [0.717, 1.165) is 44.6 Å². The number of morpholine rings is 1. The van der Waals surface area contributed by atoms with Crippen LogP contribution in [0.4, 0.5) is 0 Å². The summed E-state index contributed by atoms with van der Waals surface area (Å²) >= 11 is 0. The zero-order valence-corrected chi connectivity index (χ0v) is 16.0. The first-order valence-electron chi connectivity index (χ1n) is 9.73. The van der Waals surface area contributed by atoms with Crippen molar-refractivity contribution >= 4 is 5.96 Å². The van der Waals surface area contributed by atoms with E-state index in [2.05, 4.69) is 32.7 Å². The molecule has 1 saturated heterocycles. The second kappa shape index (κ2) is 9.78. The molecule has 2 N–H and O–H groups in total. The summed E-state index contributed by atoms with van der Waals surface area (Å²) in [6.07, 6.45) is 5.12. The third-order valence-electron chi connectivity index (χ3n) is 5.37. The molecular formula is C20H32N4O2. The minimum atomic E-state index is 0.284. The molecule has 0 amide bonds. The van der Waals surface area contributed by atoms with E-state index in [1.165, 1.54) is 31.2 Å². The molecule has 3 rings (SSSR count). The summed E-state index contributed by atoms with van der Waals surface area (Å²) in [7, 11) is 3.55. The van der Waals surface area contributed by atoms with Gasteiger partial charge in [-0.25, -0.2) is 0 Å². The van der Waals surface area contributed by atoms with Crippen LogP contribution in [0.15, 0.2) is 29.3 Å². The van der Waals surface area contributed by atoms with Crippen molar-refractivity contribution in [1.82, 2.24) is 15.5 Å². The average Bonchev–Trinajstić information content (AvgIpc) is 3.21. The van der Waals surface area contributed by atoms with Gasteiger partial charge in [0.25, 0.3) is 0 Å². The lowest BCUT2D eigenvalue weighted by Crippen LogP contribution is -2.48. The topological polar surface area (TPSA) is 58.1 Å². The molecule has 1 aromatic rings. The van der Waals surface area contributed by atoms with Gasteiger partial charge in [-0.05, 0) is 30.5 Å². The van der Waals surface area contributed by atoms with Crippen LogP contribution < -0.4 is 15.4 Å². The smallest absolute Gasteiger partial charge is 0.191 e. The van der Waals surface area contributed by atoms with E-state index in [1.807, 2.05) is 19.2 Å². The molecule has 2 aliphatic rings. The summed E-state index contributed by atoms with van der Waals surface area (Å²) in [6.45, 7) is 4.31.